The van der Waals surface area contributed by atoms with E-state index >= 15 is 0 Å². The Morgan fingerprint density at radius 3 is 1.31 bits per heavy atom. The third-order valence-electron chi connectivity index (χ3n) is 3.16. The highest BCUT2D eigenvalue weighted by Crippen LogP contribution is 2.04. The van der Waals surface area contributed by atoms with Crippen molar-refractivity contribution in [3.8, 4) is 0 Å². The van der Waals surface area contributed by atoms with Gasteiger partial charge in [0.25, 0.3) is 0 Å². The molecule has 7 nitrogen and oxygen atoms in total. The molecule has 0 radical (unpaired) electrons. The van der Waals surface area contributed by atoms with Crippen LogP contribution in [0, 0.1) is 0 Å². The minimum atomic E-state index is -0.407. The zero-order valence-electron chi connectivity index (χ0n) is 14.3. The molecule has 7 heteroatoms. The van der Waals surface area contributed by atoms with Gasteiger partial charge in [-0.05, 0) is 36.4 Å². The molecule has 4 aromatic rings. The van der Waals surface area contributed by atoms with E-state index in [1.807, 2.05) is 48.5 Å². The normalized spacial score (nSPS) is 9.62. The zero-order valence-corrected chi connectivity index (χ0v) is 14.3. The summed E-state index contributed by atoms with van der Waals surface area (Å²) in [6.07, 6.45) is 11.1. The number of pyridine rings is 2. The van der Waals surface area contributed by atoms with Gasteiger partial charge < -0.3 is 5.11 Å². The van der Waals surface area contributed by atoms with Crippen LogP contribution in [-0.2, 0) is 12.8 Å². The van der Waals surface area contributed by atoms with Crippen molar-refractivity contribution in [3.05, 3.63) is 97.1 Å². The largest absolute Gasteiger partial charge is 0.392 e. The molecule has 0 aliphatic rings. The van der Waals surface area contributed by atoms with Crippen molar-refractivity contribution >= 4 is 0 Å². The lowest BCUT2D eigenvalue weighted by Gasteiger charge is -2.06. The van der Waals surface area contributed by atoms with Gasteiger partial charge in [-0.25, -0.2) is 0 Å². The third-order valence-corrected chi connectivity index (χ3v) is 3.16. The monoisotopic (exact) mass is 350 g/mol. The Morgan fingerprint density at radius 2 is 1.08 bits per heavy atom. The Kier molecular flexibility index (Phi) is 8.85. The second kappa shape index (κ2) is 12.1. The van der Waals surface area contributed by atoms with Crippen LogP contribution in [0.4, 0.5) is 0 Å². The first-order valence-electron chi connectivity index (χ1n) is 8.19. The van der Waals surface area contributed by atoms with E-state index in [1.165, 1.54) is 0 Å². The Balaban J connectivity index is 0.000000166. The molecule has 0 amide bonds. The molecular weight excluding hydrogens is 328 g/mol. The van der Waals surface area contributed by atoms with Gasteiger partial charge in [0.05, 0.1) is 6.10 Å². The highest BCUT2D eigenvalue weighted by Gasteiger charge is 2.08. The van der Waals surface area contributed by atoms with Crippen molar-refractivity contribution < 1.29 is 5.11 Å². The van der Waals surface area contributed by atoms with Crippen LogP contribution in [0.25, 0.3) is 0 Å². The second-order valence-corrected chi connectivity index (χ2v) is 5.27. The molecular formula is C19H22N6O. The lowest BCUT2D eigenvalue weighted by atomic mass is 10.1. The maximum Gasteiger partial charge on any atom is 0.0650 e. The fourth-order valence-electron chi connectivity index (χ4n) is 2.00. The molecule has 26 heavy (non-hydrogen) atoms. The van der Waals surface area contributed by atoms with E-state index in [9.17, 15) is 5.11 Å². The molecule has 0 saturated carbocycles. The maximum atomic E-state index is 9.70. The summed E-state index contributed by atoms with van der Waals surface area (Å²) in [4.78, 5) is 7.57. The highest BCUT2D eigenvalue weighted by atomic mass is 16.3. The molecule has 0 aliphatic carbocycles. The standard InChI is InChI=1S/C9H12N4O.2C5H5N/c14-9(5-7-1-3-10-12-7)6-8-2-4-11-13-8;2*1-2-4-6-5-3-1/h1-4,9,14H,5-6H2,(H,10,12)(H,11,13);2*1-5H. The van der Waals surface area contributed by atoms with Crippen LogP contribution in [0.5, 0.6) is 0 Å². The van der Waals surface area contributed by atoms with E-state index in [-0.39, 0.29) is 0 Å². The minimum Gasteiger partial charge on any atom is -0.392 e. The van der Waals surface area contributed by atoms with Crippen LogP contribution in [0.1, 0.15) is 11.4 Å². The number of H-pyrrole nitrogens is 2. The van der Waals surface area contributed by atoms with Crippen LogP contribution in [0.15, 0.2) is 85.7 Å². The van der Waals surface area contributed by atoms with Crippen molar-refractivity contribution in [1.29, 1.82) is 0 Å². The number of rotatable bonds is 4. The van der Waals surface area contributed by atoms with Crippen molar-refractivity contribution in [2.24, 2.45) is 0 Å². The lowest BCUT2D eigenvalue weighted by Crippen LogP contribution is -2.14. The Hall–Kier alpha value is -3.32. The Labute approximate surface area is 152 Å². The molecule has 0 fully saturated rings. The number of hydrogen-bond donors (Lipinski definition) is 3. The molecule has 0 aliphatic heterocycles. The van der Waals surface area contributed by atoms with Crippen LogP contribution in [-0.4, -0.2) is 41.6 Å². The first-order valence-corrected chi connectivity index (χ1v) is 8.19. The Morgan fingerprint density at radius 1 is 0.654 bits per heavy atom. The maximum absolute atomic E-state index is 9.70. The summed E-state index contributed by atoms with van der Waals surface area (Å²) in [5, 5.41) is 23.0. The van der Waals surface area contributed by atoms with Crippen LogP contribution in [0.3, 0.4) is 0 Å². The molecule has 134 valence electrons. The highest BCUT2D eigenvalue weighted by molar-refractivity contribution is 5.03. The first kappa shape index (κ1) is 19.0. The van der Waals surface area contributed by atoms with Gasteiger partial charge in [0.1, 0.15) is 0 Å². The molecule has 0 saturated heterocycles. The molecule has 4 rings (SSSR count). The van der Waals surface area contributed by atoms with Crippen molar-refractivity contribution in [2.45, 2.75) is 18.9 Å². The number of nitrogens with zero attached hydrogens (tertiary/aromatic N) is 4. The second-order valence-electron chi connectivity index (χ2n) is 5.27. The van der Waals surface area contributed by atoms with Gasteiger partial charge in [0.15, 0.2) is 0 Å². The van der Waals surface area contributed by atoms with Crippen LogP contribution in [0.2, 0.25) is 0 Å². The topological polar surface area (TPSA) is 103 Å². The zero-order chi connectivity index (χ0) is 18.3. The fourth-order valence-corrected chi connectivity index (χ4v) is 2.00. The Bertz CT molecular complexity index is 639. The van der Waals surface area contributed by atoms with Gasteiger partial charge >= 0.3 is 0 Å². The summed E-state index contributed by atoms with van der Waals surface area (Å²) in [7, 11) is 0. The quantitative estimate of drug-likeness (QED) is 0.524. The summed E-state index contributed by atoms with van der Waals surface area (Å²) in [5.41, 5.74) is 1.88. The summed E-state index contributed by atoms with van der Waals surface area (Å²) in [5.74, 6) is 0. The smallest absolute Gasteiger partial charge is 0.0650 e. The van der Waals surface area contributed by atoms with Gasteiger partial charge in [-0.15, -0.1) is 0 Å². The van der Waals surface area contributed by atoms with Crippen molar-refractivity contribution in [1.82, 2.24) is 30.4 Å². The predicted molar refractivity (Wildman–Crippen MR) is 99.1 cm³/mol. The van der Waals surface area contributed by atoms with Crippen LogP contribution >= 0.6 is 0 Å². The van der Waals surface area contributed by atoms with E-state index < -0.39 is 6.10 Å². The number of hydrogen-bond acceptors (Lipinski definition) is 5. The van der Waals surface area contributed by atoms with Crippen molar-refractivity contribution in [2.75, 3.05) is 0 Å². The van der Waals surface area contributed by atoms with Crippen molar-refractivity contribution in [3.63, 3.8) is 0 Å². The molecule has 4 heterocycles. The average molecular weight is 350 g/mol. The minimum absolute atomic E-state index is 0.407. The van der Waals surface area contributed by atoms with Crippen LogP contribution < -0.4 is 0 Å². The van der Waals surface area contributed by atoms with E-state index in [0.29, 0.717) is 12.8 Å². The van der Waals surface area contributed by atoms with E-state index in [0.717, 1.165) is 11.4 Å². The van der Waals surface area contributed by atoms with Gasteiger partial charge in [-0.3, -0.25) is 20.2 Å². The molecule has 0 unspecified atom stereocenters. The van der Waals surface area contributed by atoms with Gasteiger partial charge in [-0.2, -0.15) is 10.2 Å². The molecule has 0 atom stereocenters. The summed E-state index contributed by atoms with van der Waals surface area (Å²) < 4.78 is 0. The summed E-state index contributed by atoms with van der Waals surface area (Å²) in [6, 6.07) is 15.1. The van der Waals surface area contributed by atoms with E-state index in [2.05, 4.69) is 30.4 Å². The first-order chi connectivity index (χ1) is 12.8. The molecule has 0 spiro atoms. The number of aromatic nitrogens is 6. The number of aromatic amines is 2. The lowest BCUT2D eigenvalue weighted by molar-refractivity contribution is 0.173. The van der Waals surface area contributed by atoms with Gasteiger partial charge in [-0.1, -0.05) is 12.1 Å². The SMILES string of the molecule is OC(Cc1ccn[nH]1)Cc1ccn[nH]1.c1ccncc1.c1ccncc1. The molecule has 0 aromatic carbocycles. The fraction of sp³-hybridized carbons (Fsp3) is 0.158. The molecule has 3 N–H and O–H groups in total. The van der Waals surface area contributed by atoms with E-state index in [4.69, 9.17) is 0 Å². The van der Waals surface area contributed by atoms with Gasteiger partial charge in [0, 0.05) is 61.4 Å². The predicted octanol–water partition coefficient (Wildman–Crippen LogP) is 2.44. The summed E-state index contributed by atoms with van der Waals surface area (Å²) >= 11 is 0. The van der Waals surface area contributed by atoms with Gasteiger partial charge in [0.2, 0.25) is 0 Å². The van der Waals surface area contributed by atoms with E-state index in [1.54, 1.807) is 37.2 Å². The third kappa shape index (κ3) is 8.51. The average Bonchev–Trinajstić information content (AvgIpc) is 3.40. The summed E-state index contributed by atoms with van der Waals surface area (Å²) in [6.45, 7) is 0. The molecule has 0 bridgehead atoms. The number of aliphatic hydroxyl groups is 1. The number of nitrogens with one attached hydrogen (secondary N) is 2. The number of aliphatic hydroxyl groups excluding tert-OH is 1. The molecule has 4 aromatic heterocycles.